The van der Waals surface area contributed by atoms with Crippen LogP contribution in [-0.4, -0.2) is 17.5 Å². The predicted molar refractivity (Wildman–Crippen MR) is 79.3 cm³/mol. The zero-order valence-electron chi connectivity index (χ0n) is 11.5. The van der Waals surface area contributed by atoms with Crippen LogP contribution in [-0.2, 0) is 4.79 Å². The molecule has 0 amide bonds. The van der Waals surface area contributed by atoms with Crippen LogP contribution < -0.4 is 0 Å². The van der Waals surface area contributed by atoms with Crippen molar-refractivity contribution in [3.8, 4) is 0 Å². The summed E-state index contributed by atoms with van der Waals surface area (Å²) in [5, 5.41) is 5.71. The molecule has 0 aromatic heterocycles. The van der Waals surface area contributed by atoms with Gasteiger partial charge >= 0.3 is 0 Å². The first-order valence-electron chi connectivity index (χ1n) is 6.69. The lowest BCUT2D eigenvalue weighted by Gasteiger charge is -2.31. The summed E-state index contributed by atoms with van der Waals surface area (Å²) in [6.45, 7) is 0. The molecule has 0 spiro atoms. The van der Waals surface area contributed by atoms with Crippen LogP contribution in [0.5, 0.6) is 0 Å². The summed E-state index contributed by atoms with van der Waals surface area (Å²) in [6.07, 6.45) is 5.00. The number of rotatable bonds is 3. The molecule has 3 nitrogen and oxygen atoms in total. The first-order chi connectivity index (χ1) is 10.7. The van der Waals surface area contributed by atoms with Crippen molar-refractivity contribution in [2.75, 3.05) is 0 Å². The number of halogens is 2. The van der Waals surface area contributed by atoms with Gasteiger partial charge < -0.3 is 0 Å². The van der Waals surface area contributed by atoms with E-state index in [0.717, 1.165) is 17.2 Å². The smallest absolute Gasteiger partial charge is 0.144 e. The molecule has 1 unspecified atom stereocenters. The average molecular weight is 298 g/mol. The van der Waals surface area contributed by atoms with Crippen molar-refractivity contribution in [3.63, 3.8) is 0 Å². The molecule has 110 valence electrons. The normalized spacial score (nSPS) is 16.8. The number of hydrogen-bond donors (Lipinski definition) is 0. The highest BCUT2D eigenvalue weighted by Crippen LogP contribution is 2.35. The van der Waals surface area contributed by atoms with Crippen LogP contribution in [0.2, 0.25) is 0 Å². The molecule has 1 heterocycles. The van der Waals surface area contributed by atoms with E-state index in [9.17, 15) is 13.6 Å². The van der Waals surface area contributed by atoms with Gasteiger partial charge in [0.2, 0.25) is 0 Å². The minimum Gasteiger partial charge on any atom is -0.299 e. The van der Waals surface area contributed by atoms with E-state index < -0.39 is 17.7 Å². The first kappa shape index (κ1) is 14.1. The number of fused-ring (bicyclic) bond motifs is 1. The first-order valence-corrected chi connectivity index (χ1v) is 6.69. The zero-order valence-corrected chi connectivity index (χ0v) is 11.5. The van der Waals surface area contributed by atoms with Crippen molar-refractivity contribution in [2.45, 2.75) is 6.04 Å². The summed E-state index contributed by atoms with van der Waals surface area (Å²) in [5.74, 6) is -1.29. The van der Waals surface area contributed by atoms with Crippen LogP contribution in [0.15, 0.2) is 59.8 Å². The Morgan fingerprint density at radius 3 is 2.68 bits per heavy atom. The van der Waals surface area contributed by atoms with E-state index in [1.165, 1.54) is 29.4 Å². The molecule has 0 radical (unpaired) electrons. The third kappa shape index (κ3) is 2.53. The molecule has 1 aliphatic rings. The van der Waals surface area contributed by atoms with E-state index in [4.69, 9.17) is 0 Å². The number of aldehydes is 1. The van der Waals surface area contributed by atoms with Gasteiger partial charge in [0.1, 0.15) is 24.0 Å². The highest BCUT2D eigenvalue weighted by atomic mass is 19.1. The molecule has 5 heteroatoms. The lowest BCUT2D eigenvalue weighted by atomic mass is 9.93. The van der Waals surface area contributed by atoms with Crippen molar-refractivity contribution in [1.29, 1.82) is 0 Å². The molecular formula is C17H12F2N2O. The maximum atomic E-state index is 14.2. The summed E-state index contributed by atoms with van der Waals surface area (Å²) >= 11 is 0. The van der Waals surface area contributed by atoms with Gasteiger partial charge in [-0.15, -0.1) is 0 Å². The van der Waals surface area contributed by atoms with Crippen LogP contribution in [0.25, 0.3) is 0 Å². The Bertz CT molecular complexity index is 771. The number of carbonyl (C=O) groups excluding carboxylic acids is 1. The van der Waals surface area contributed by atoms with Crippen molar-refractivity contribution < 1.29 is 13.6 Å². The Labute approximate surface area is 126 Å². The quantitative estimate of drug-likeness (QED) is 0.642. The van der Waals surface area contributed by atoms with E-state index in [2.05, 4.69) is 5.10 Å². The van der Waals surface area contributed by atoms with Crippen molar-refractivity contribution in [2.24, 2.45) is 5.10 Å². The molecule has 2 aromatic carbocycles. The van der Waals surface area contributed by atoms with Crippen LogP contribution in [0.3, 0.4) is 0 Å². The van der Waals surface area contributed by atoms with E-state index in [-0.39, 0.29) is 0 Å². The Morgan fingerprint density at radius 2 is 1.91 bits per heavy atom. The predicted octanol–water partition coefficient (Wildman–Crippen LogP) is 3.42. The van der Waals surface area contributed by atoms with E-state index >= 15 is 0 Å². The highest BCUT2D eigenvalue weighted by molar-refractivity contribution is 5.83. The molecule has 0 fully saturated rings. The number of carbonyl (C=O) groups is 1. The zero-order chi connectivity index (χ0) is 15.5. The van der Waals surface area contributed by atoms with Gasteiger partial charge in [-0.3, -0.25) is 9.80 Å². The second-order valence-electron chi connectivity index (χ2n) is 4.80. The van der Waals surface area contributed by atoms with E-state index in [0.29, 0.717) is 11.8 Å². The van der Waals surface area contributed by atoms with Gasteiger partial charge in [-0.1, -0.05) is 30.3 Å². The summed E-state index contributed by atoms with van der Waals surface area (Å²) in [4.78, 5) is 10.6. The molecule has 1 atom stereocenters. The van der Waals surface area contributed by atoms with E-state index in [1.54, 1.807) is 6.21 Å². The van der Waals surface area contributed by atoms with Gasteiger partial charge in [0, 0.05) is 23.4 Å². The lowest BCUT2D eigenvalue weighted by Crippen LogP contribution is -2.25. The van der Waals surface area contributed by atoms with Crippen LogP contribution in [0.1, 0.15) is 22.7 Å². The Hall–Kier alpha value is -2.82. The molecule has 0 saturated carbocycles. The van der Waals surface area contributed by atoms with Crippen LogP contribution in [0.4, 0.5) is 8.78 Å². The SMILES string of the molecule is O=CC=CN1N=Cc2ccccc2C1c1ccc(F)cc1F. The Morgan fingerprint density at radius 1 is 1.09 bits per heavy atom. The van der Waals surface area contributed by atoms with Gasteiger partial charge in [0.05, 0.1) is 6.21 Å². The minimum atomic E-state index is -0.651. The maximum absolute atomic E-state index is 14.2. The molecule has 1 aliphatic heterocycles. The molecule has 0 saturated heterocycles. The molecule has 0 bridgehead atoms. The largest absolute Gasteiger partial charge is 0.299 e. The average Bonchev–Trinajstić information content (AvgIpc) is 2.53. The summed E-state index contributed by atoms with van der Waals surface area (Å²) in [7, 11) is 0. The highest BCUT2D eigenvalue weighted by Gasteiger charge is 2.27. The molecule has 0 N–H and O–H groups in total. The van der Waals surface area contributed by atoms with E-state index in [1.807, 2.05) is 24.3 Å². The van der Waals surface area contributed by atoms with Gasteiger partial charge in [-0.2, -0.15) is 5.10 Å². The Balaban J connectivity index is 2.15. The number of nitrogens with zero attached hydrogens (tertiary/aromatic N) is 2. The summed E-state index contributed by atoms with van der Waals surface area (Å²) in [6, 6.07) is 10.3. The molecule has 2 aromatic rings. The fraction of sp³-hybridized carbons (Fsp3) is 0.0588. The third-order valence-electron chi connectivity index (χ3n) is 3.46. The Kier molecular flexibility index (Phi) is 3.78. The maximum Gasteiger partial charge on any atom is 0.144 e. The molecule has 3 rings (SSSR count). The van der Waals surface area contributed by atoms with Crippen molar-refractivity contribution in [3.05, 3.63) is 83.1 Å². The minimum absolute atomic E-state index is 0.293. The molecule has 0 aliphatic carbocycles. The van der Waals surface area contributed by atoms with Gasteiger partial charge in [0.25, 0.3) is 0 Å². The van der Waals surface area contributed by atoms with Crippen molar-refractivity contribution >= 4 is 12.5 Å². The molecule has 22 heavy (non-hydrogen) atoms. The number of hydrazone groups is 1. The number of hydrogen-bond acceptors (Lipinski definition) is 3. The van der Waals surface area contributed by atoms with Crippen LogP contribution >= 0.6 is 0 Å². The number of allylic oxidation sites excluding steroid dienone is 1. The summed E-state index contributed by atoms with van der Waals surface area (Å²) < 4.78 is 27.4. The standard InChI is InChI=1S/C17H12F2N2O/c18-13-6-7-15(16(19)10-13)17-14-5-2-1-4-12(14)11-20-21(17)8-3-9-22/h1-11,17H. The second-order valence-corrected chi connectivity index (χ2v) is 4.80. The van der Waals surface area contributed by atoms with Crippen molar-refractivity contribution in [1.82, 2.24) is 5.01 Å². The second kappa shape index (κ2) is 5.89. The van der Waals surface area contributed by atoms with Gasteiger partial charge in [-0.05, 0) is 17.7 Å². The van der Waals surface area contributed by atoms with Crippen LogP contribution in [0, 0.1) is 11.6 Å². The van der Waals surface area contributed by atoms with Gasteiger partial charge in [-0.25, -0.2) is 8.78 Å². The number of benzene rings is 2. The topological polar surface area (TPSA) is 32.7 Å². The fourth-order valence-corrected chi connectivity index (χ4v) is 2.50. The lowest BCUT2D eigenvalue weighted by molar-refractivity contribution is -0.104. The monoisotopic (exact) mass is 298 g/mol. The van der Waals surface area contributed by atoms with Gasteiger partial charge in [0.15, 0.2) is 0 Å². The molecular weight excluding hydrogens is 286 g/mol. The third-order valence-corrected chi connectivity index (χ3v) is 3.46. The summed E-state index contributed by atoms with van der Waals surface area (Å²) in [5.41, 5.74) is 1.98. The fourth-order valence-electron chi connectivity index (χ4n) is 2.50.